The number of hydrogen-bond donors (Lipinski definition) is 1. The topological polar surface area (TPSA) is 51.0 Å². The first kappa shape index (κ1) is 13.1. The van der Waals surface area contributed by atoms with Crippen LogP contribution in [0.4, 0.5) is 0 Å². The molecule has 0 bridgehead atoms. The molecule has 1 spiro atoms. The van der Waals surface area contributed by atoms with E-state index in [1.165, 1.54) is 11.1 Å². The van der Waals surface area contributed by atoms with E-state index in [-0.39, 0.29) is 17.6 Å². The van der Waals surface area contributed by atoms with E-state index < -0.39 is 6.10 Å². The molecule has 4 heteroatoms. The molecule has 4 nitrogen and oxygen atoms in total. The van der Waals surface area contributed by atoms with Crippen molar-refractivity contribution in [2.24, 2.45) is 10.4 Å². The average Bonchev–Trinajstić information content (AvgIpc) is 2.67. The number of methoxy groups -OCH3 is 1. The summed E-state index contributed by atoms with van der Waals surface area (Å²) in [4.78, 5) is 4.64. The fraction of sp³-hybridized carbons (Fsp3) is 0.588. The lowest BCUT2D eigenvalue weighted by atomic mass is 9.66. The zero-order chi connectivity index (χ0) is 14.6. The zero-order valence-electron chi connectivity index (χ0n) is 12.4. The number of allylic oxidation sites excluding steroid dienone is 1. The van der Waals surface area contributed by atoms with E-state index in [1.54, 1.807) is 7.11 Å². The van der Waals surface area contributed by atoms with Gasteiger partial charge < -0.3 is 14.6 Å². The molecule has 0 aromatic rings. The third-order valence-corrected chi connectivity index (χ3v) is 5.02. The number of aliphatic hydroxyl groups is 1. The van der Waals surface area contributed by atoms with Gasteiger partial charge in [0.1, 0.15) is 17.3 Å². The van der Waals surface area contributed by atoms with Gasteiger partial charge in [-0.25, -0.2) is 0 Å². The Hall–Kier alpha value is -1.64. The van der Waals surface area contributed by atoms with Crippen molar-refractivity contribution in [1.29, 1.82) is 0 Å². The van der Waals surface area contributed by atoms with Crippen LogP contribution in [0, 0.1) is 11.5 Å². The molecule has 0 aromatic carbocycles. The highest BCUT2D eigenvalue weighted by atomic mass is 16.5. The molecule has 110 valence electrons. The van der Waals surface area contributed by atoms with Crippen LogP contribution in [-0.2, 0) is 9.47 Å². The van der Waals surface area contributed by atoms with Crippen molar-refractivity contribution in [1.82, 2.24) is 0 Å². The van der Waals surface area contributed by atoms with Gasteiger partial charge in [-0.15, -0.1) is 0 Å². The van der Waals surface area contributed by atoms with Crippen molar-refractivity contribution in [2.45, 2.75) is 50.9 Å². The predicted octanol–water partition coefficient (Wildman–Crippen LogP) is 2.31. The van der Waals surface area contributed by atoms with Gasteiger partial charge in [-0.1, -0.05) is 11.6 Å². The molecule has 0 fully saturated rings. The van der Waals surface area contributed by atoms with E-state index in [0.29, 0.717) is 18.7 Å². The molecule has 0 aromatic heterocycles. The molecule has 1 N–H and O–H groups in total. The first-order valence-electron chi connectivity index (χ1n) is 7.61. The van der Waals surface area contributed by atoms with Gasteiger partial charge >= 0.3 is 12.0 Å². The summed E-state index contributed by atoms with van der Waals surface area (Å²) in [6.07, 6.45) is 10.6. The van der Waals surface area contributed by atoms with E-state index in [9.17, 15) is 5.11 Å². The lowest BCUT2D eigenvalue weighted by Gasteiger charge is -2.33. The monoisotopic (exact) mass is 286 g/mol. The molecular weight excluding hydrogens is 266 g/mol. The second kappa shape index (κ2) is 4.43. The Labute approximate surface area is 124 Å². The van der Waals surface area contributed by atoms with Gasteiger partial charge in [-0.3, -0.25) is 0 Å². The van der Waals surface area contributed by atoms with Crippen LogP contribution >= 0.6 is 0 Å². The number of hydrogen-bond acceptors (Lipinski definition) is 4. The Balaban J connectivity index is 1.91. The average molecular weight is 286 g/mol. The smallest absolute Gasteiger partial charge is 0.470 e. The lowest BCUT2D eigenvalue weighted by Crippen LogP contribution is -2.37. The first-order chi connectivity index (χ1) is 10.1. The minimum absolute atomic E-state index is 0.0721. The summed E-state index contributed by atoms with van der Waals surface area (Å²) in [5.41, 5.74) is 2.36. The first-order valence-corrected chi connectivity index (χ1v) is 7.61. The quantitative estimate of drug-likeness (QED) is 0.549. The van der Waals surface area contributed by atoms with Crippen LogP contribution in [-0.4, -0.2) is 36.4 Å². The number of nitrogens with zero attached hydrogens (tertiary/aromatic N) is 1. The van der Waals surface area contributed by atoms with Crippen molar-refractivity contribution in [3.05, 3.63) is 35.1 Å². The summed E-state index contributed by atoms with van der Waals surface area (Å²) in [6, 6.07) is -0.0721. The van der Waals surface area contributed by atoms with Crippen LogP contribution in [0.2, 0.25) is 0 Å². The van der Waals surface area contributed by atoms with Crippen LogP contribution in [0.15, 0.2) is 34.0 Å². The van der Waals surface area contributed by atoms with Crippen LogP contribution in [0.25, 0.3) is 0 Å². The maximum atomic E-state index is 10.1. The fourth-order valence-electron chi connectivity index (χ4n) is 4.16. The van der Waals surface area contributed by atoms with Gasteiger partial charge in [-0.2, -0.15) is 4.99 Å². The minimum Gasteiger partial charge on any atom is -0.493 e. The van der Waals surface area contributed by atoms with Gasteiger partial charge in [0.15, 0.2) is 6.08 Å². The van der Waals surface area contributed by atoms with Crippen molar-refractivity contribution < 1.29 is 14.6 Å². The molecular formula is C17H20NO3+. The number of rotatable bonds is 0. The maximum absolute atomic E-state index is 10.1. The molecule has 0 radical (unpaired) electrons. The van der Waals surface area contributed by atoms with Crippen LogP contribution < -0.4 is 0 Å². The zero-order valence-corrected chi connectivity index (χ0v) is 12.4. The van der Waals surface area contributed by atoms with E-state index >= 15 is 0 Å². The van der Waals surface area contributed by atoms with Crippen molar-refractivity contribution in [3.8, 4) is 0 Å². The summed E-state index contributed by atoms with van der Waals surface area (Å²) in [5, 5.41) is 10.1. The third kappa shape index (κ3) is 1.79. The second-order valence-electron chi connectivity index (χ2n) is 6.44. The van der Waals surface area contributed by atoms with Crippen molar-refractivity contribution in [2.75, 3.05) is 7.11 Å². The molecule has 2 aliphatic carbocycles. The minimum atomic E-state index is -0.393. The van der Waals surface area contributed by atoms with Gasteiger partial charge in [0.05, 0.1) is 19.3 Å². The highest BCUT2D eigenvalue weighted by Crippen LogP contribution is 2.55. The molecule has 4 aliphatic rings. The van der Waals surface area contributed by atoms with Gasteiger partial charge in [0, 0.05) is 18.4 Å². The van der Waals surface area contributed by atoms with Crippen molar-refractivity contribution in [3.63, 3.8) is 0 Å². The fourth-order valence-corrected chi connectivity index (χ4v) is 4.16. The van der Waals surface area contributed by atoms with E-state index in [2.05, 4.69) is 30.1 Å². The summed E-state index contributed by atoms with van der Waals surface area (Å²) >= 11 is 0. The number of aliphatic hydroxyl groups excluding tert-OH is 1. The molecule has 1 unspecified atom stereocenters. The summed E-state index contributed by atoms with van der Waals surface area (Å²) in [7, 11) is 1.61. The molecule has 2 aliphatic heterocycles. The Morgan fingerprint density at radius 3 is 3.19 bits per heavy atom. The summed E-state index contributed by atoms with van der Waals surface area (Å²) in [6.45, 7) is 2.17. The Morgan fingerprint density at radius 1 is 1.52 bits per heavy atom. The lowest BCUT2D eigenvalue weighted by molar-refractivity contribution is 0.0676. The SMILES string of the molecule is COC1=N[C@H]2C[C@@H](O)CC3=C2C2(C=[C+]1)C=C(C)CC[C@H]2O3. The Kier molecular flexibility index (Phi) is 2.75. The van der Waals surface area contributed by atoms with Crippen LogP contribution in [0.1, 0.15) is 32.6 Å². The van der Waals surface area contributed by atoms with E-state index in [1.807, 2.05) is 0 Å². The van der Waals surface area contributed by atoms with E-state index in [4.69, 9.17) is 9.47 Å². The normalized spacial score (nSPS) is 40.2. The summed E-state index contributed by atoms with van der Waals surface area (Å²) < 4.78 is 11.5. The van der Waals surface area contributed by atoms with Crippen LogP contribution in [0.3, 0.4) is 0 Å². The summed E-state index contributed by atoms with van der Waals surface area (Å²) in [5.74, 6) is 1.45. The van der Waals surface area contributed by atoms with E-state index in [0.717, 1.165) is 18.6 Å². The molecule has 2 heterocycles. The Morgan fingerprint density at radius 2 is 2.38 bits per heavy atom. The molecule has 4 atom stereocenters. The standard InChI is InChI=1S/C17H20NO3/c1-10-3-4-14-17(9-10)6-5-15(20-2)18-12-7-11(19)8-13(21-14)16(12)17/h6,9,11-12,14,19H,3-4,7-8H2,1-2H3/q+1/t11-,12+,14-,17?/m1/s1. The second-order valence-corrected chi connectivity index (χ2v) is 6.44. The van der Waals surface area contributed by atoms with Gasteiger partial charge in [-0.05, 0) is 19.8 Å². The largest absolute Gasteiger partial charge is 0.493 e. The molecule has 0 saturated heterocycles. The van der Waals surface area contributed by atoms with Crippen LogP contribution in [0.5, 0.6) is 0 Å². The third-order valence-electron chi connectivity index (χ3n) is 5.02. The van der Waals surface area contributed by atoms with Gasteiger partial charge in [0.2, 0.25) is 0 Å². The highest BCUT2D eigenvalue weighted by Gasteiger charge is 2.57. The number of ether oxygens (including phenoxy) is 2. The molecule has 0 saturated carbocycles. The molecule has 21 heavy (non-hydrogen) atoms. The predicted molar refractivity (Wildman–Crippen MR) is 78.6 cm³/mol. The van der Waals surface area contributed by atoms with Gasteiger partial charge in [0.25, 0.3) is 0 Å². The molecule has 0 amide bonds. The molecule has 4 rings (SSSR count). The maximum Gasteiger partial charge on any atom is 0.470 e. The Bertz CT molecular complexity index is 601. The number of aliphatic imine (C=N–C) groups is 1. The van der Waals surface area contributed by atoms with Crippen molar-refractivity contribution >= 4 is 5.90 Å². The highest BCUT2D eigenvalue weighted by molar-refractivity contribution is 5.85.